The number of ether oxygens (including phenoxy) is 2. The largest absolute Gasteiger partial charge is 0.480 e. The van der Waals surface area contributed by atoms with Crippen LogP contribution in [0.25, 0.3) is 0 Å². The molecule has 1 aromatic carbocycles. The molecule has 17 heavy (non-hydrogen) atoms. The highest BCUT2D eigenvalue weighted by molar-refractivity contribution is 5.95. The molecule has 0 heterocycles. The molecule has 6 heteroatoms. The third kappa shape index (κ3) is 4.52. The van der Waals surface area contributed by atoms with Gasteiger partial charge in [0.15, 0.2) is 6.79 Å². The molecular formula is C11H13NO5. The van der Waals surface area contributed by atoms with Crippen molar-refractivity contribution in [1.29, 1.82) is 0 Å². The van der Waals surface area contributed by atoms with Crippen molar-refractivity contribution in [1.82, 2.24) is 5.32 Å². The van der Waals surface area contributed by atoms with Gasteiger partial charge in [-0.2, -0.15) is 0 Å². The van der Waals surface area contributed by atoms with E-state index in [0.29, 0.717) is 11.3 Å². The molecule has 0 radical (unpaired) electrons. The van der Waals surface area contributed by atoms with E-state index < -0.39 is 18.4 Å². The van der Waals surface area contributed by atoms with Gasteiger partial charge in [0.05, 0.1) is 0 Å². The molecule has 0 bridgehead atoms. The van der Waals surface area contributed by atoms with Crippen molar-refractivity contribution in [2.24, 2.45) is 0 Å². The Morgan fingerprint density at radius 2 is 1.94 bits per heavy atom. The van der Waals surface area contributed by atoms with Gasteiger partial charge in [-0.15, -0.1) is 0 Å². The van der Waals surface area contributed by atoms with Crippen molar-refractivity contribution in [3.63, 3.8) is 0 Å². The smallest absolute Gasteiger partial charge is 0.322 e. The molecule has 1 aromatic rings. The van der Waals surface area contributed by atoms with E-state index in [2.05, 4.69) is 5.32 Å². The third-order valence-corrected chi connectivity index (χ3v) is 1.86. The molecule has 0 saturated carbocycles. The minimum Gasteiger partial charge on any atom is -0.480 e. The van der Waals surface area contributed by atoms with Gasteiger partial charge in [0, 0.05) is 12.7 Å². The number of nitrogens with one attached hydrogen (secondary N) is 1. The fourth-order valence-corrected chi connectivity index (χ4v) is 1.09. The van der Waals surface area contributed by atoms with Crippen molar-refractivity contribution in [3.05, 3.63) is 29.8 Å². The van der Waals surface area contributed by atoms with Crippen molar-refractivity contribution < 1.29 is 24.2 Å². The number of amides is 1. The maximum absolute atomic E-state index is 11.4. The predicted octanol–water partition coefficient (Wildman–Crippen LogP) is 0.484. The summed E-state index contributed by atoms with van der Waals surface area (Å²) in [6.45, 7) is -0.273. The number of aliphatic carboxylic acids is 1. The Balaban J connectivity index is 2.54. The van der Waals surface area contributed by atoms with Crippen LogP contribution >= 0.6 is 0 Å². The van der Waals surface area contributed by atoms with E-state index >= 15 is 0 Å². The van der Waals surface area contributed by atoms with E-state index in [1.54, 1.807) is 24.3 Å². The SMILES string of the molecule is COCOc1ccc(C(=O)NCC(=O)O)cc1. The Hall–Kier alpha value is -2.08. The summed E-state index contributed by atoms with van der Waals surface area (Å²) in [5.41, 5.74) is 0.371. The lowest BCUT2D eigenvalue weighted by Gasteiger charge is -2.06. The van der Waals surface area contributed by atoms with Gasteiger partial charge in [-0.25, -0.2) is 0 Å². The zero-order valence-corrected chi connectivity index (χ0v) is 9.30. The first-order chi connectivity index (χ1) is 8.13. The second-order valence-electron chi connectivity index (χ2n) is 3.15. The van der Waals surface area contributed by atoms with Gasteiger partial charge in [-0.05, 0) is 24.3 Å². The van der Waals surface area contributed by atoms with Crippen molar-refractivity contribution in [2.45, 2.75) is 0 Å². The summed E-state index contributed by atoms with van der Waals surface area (Å²) in [5, 5.41) is 10.7. The monoisotopic (exact) mass is 239 g/mol. The number of hydrogen-bond acceptors (Lipinski definition) is 4. The molecule has 1 amide bonds. The van der Waals surface area contributed by atoms with Crippen LogP contribution in [0, 0.1) is 0 Å². The van der Waals surface area contributed by atoms with Gasteiger partial charge < -0.3 is 19.9 Å². The minimum atomic E-state index is -1.08. The molecule has 0 atom stereocenters. The summed E-state index contributed by atoms with van der Waals surface area (Å²) in [6.07, 6.45) is 0. The predicted molar refractivity (Wildman–Crippen MR) is 58.9 cm³/mol. The van der Waals surface area contributed by atoms with E-state index in [0.717, 1.165) is 0 Å². The summed E-state index contributed by atoms with van der Waals surface area (Å²) >= 11 is 0. The molecule has 0 fully saturated rings. The first-order valence-corrected chi connectivity index (χ1v) is 4.85. The number of methoxy groups -OCH3 is 1. The fourth-order valence-electron chi connectivity index (χ4n) is 1.09. The molecule has 0 unspecified atom stereocenters. The zero-order chi connectivity index (χ0) is 12.7. The molecule has 0 saturated heterocycles. The molecule has 92 valence electrons. The average molecular weight is 239 g/mol. The standard InChI is InChI=1S/C11H13NO5/c1-16-7-17-9-4-2-8(3-5-9)11(15)12-6-10(13)14/h2-5H,6-7H2,1H3,(H,12,15)(H,13,14). The zero-order valence-electron chi connectivity index (χ0n) is 9.30. The van der Waals surface area contributed by atoms with E-state index in [9.17, 15) is 9.59 Å². The Bertz CT molecular complexity index is 387. The van der Waals surface area contributed by atoms with E-state index in [-0.39, 0.29) is 6.79 Å². The van der Waals surface area contributed by atoms with Crippen LogP contribution in [-0.4, -0.2) is 37.4 Å². The Kier molecular flexibility index (Phi) is 4.96. The highest BCUT2D eigenvalue weighted by Crippen LogP contribution is 2.11. The molecular weight excluding hydrogens is 226 g/mol. The summed E-state index contributed by atoms with van der Waals surface area (Å²) in [7, 11) is 1.51. The summed E-state index contributed by atoms with van der Waals surface area (Å²) < 4.78 is 9.86. The quantitative estimate of drug-likeness (QED) is 0.705. The summed E-state index contributed by atoms with van der Waals surface area (Å²) in [6, 6.07) is 6.30. The molecule has 0 spiro atoms. The maximum atomic E-state index is 11.4. The Morgan fingerprint density at radius 1 is 1.29 bits per heavy atom. The lowest BCUT2D eigenvalue weighted by Crippen LogP contribution is -2.29. The highest BCUT2D eigenvalue weighted by atomic mass is 16.7. The number of carbonyl (C=O) groups is 2. The highest BCUT2D eigenvalue weighted by Gasteiger charge is 2.06. The van der Waals surface area contributed by atoms with Crippen LogP contribution < -0.4 is 10.1 Å². The van der Waals surface area contributed by atoms with Gasteiger partial charge in [0.1, 0.15) is 12.3 Å². The van der Waals surface area contributed by atoms with Crippen LogP contribution in [0.5, 0.6) is 5.75 Å². The second kappa shape index (κ2) is 6.49. The van der Waals surface area contributed by atoms with Crippen LogP contribution in [0.1, 0.15) is 10.4 Å². The topological polar surface area (TPSA) is 84.9 Å². The van der Waals surface area contributed by atoms with Crippen LogP contribution in [0.2, 0.25) is 0 Å². The number of benzene rings is 1. The average Bonchev–Trinajstić information content (AvgIpc) is 2.34. The van der Waals surface area contributed by atoms with Crippen LogP contribution in [-0.2, 0) is 9.53 Å². The molecule has 6 nitrogen and oxygen atoms in total. The molecule has 1 rings (SSSR count). The fraction of sp³-hybridized carbons (Fsp3) is 0.273. The van der Waals surface area contributed by atoms with Gasteiger partial charge in [0.2, 0.25) is 0 Å². The lowest BCUT2D eigenvalue weighted by atomic mass is 10.2. The van der Waals surface area contributed by atoms with Crippen LogP contribution in [0.15, 0.2) is 24.3 Å². The number of carboxylic acid groups (broad SMARTS) is 1. The Morgan fingerprint density at radius 3 is 2.47 bits per heavy atom. The van der Waals surface area contributed by atoms with Crippen LogP contribution in [0.4, 0.5) is 0 Å². The van der Waals surface area contributed by atoms with Crippen molar-refractivity contribution >= 4 is 11.9 Å². The first kappa shape index (κ1) is 13.0. The van der Waals surface area contributed by atoms with Crippen molar-refractivity contribution in [3.8, 4) is 5.75 Å². The maximum Gasteiger partial charge on any atom is 0.322 e. The molecule has 0 aromatic heterocycles. The van der Waals surface area contributed by atoms with Gasteiger partial charge in [-0.3, -0.25) is 9.59 Å². The Labute approximate surface area is 98.2 Å². The third-order valence-electron chi connectivity index (χ3n) is 1.86. The summed E-state index contributed by atoms with van der Waals surface area (Å²) in [4.78, 5) is 21.7. The van der Waals surface area contributed by atoms with Gasteiger partial charge >= 0.3 is 5.97 Å². The number of rotatable bonds is 6. The lowest BCUT2D eigenvalue weighted by molar-refractivity contribution is -0.135. The molecule has 0 aliphatic carbocycles. The molecule has 0 aliphatic heterocycles. The van der Waals surface area contributed by atoms with E-state index in [1.165, 1.54) is 7.11 Å². The number of carbonyl (C=O) groups excluding carboxylic acids is 1. The number of hydrogen-bond donors (Lipinski definition) is 2. The number of carboxylic acids is 1. The first-order valence-electron chi connectivity index (χ1n) is 4.85. The summed E-state index contributed by atoms with van der Waals surface area (Å²) in [5.74, 6) is -0.953. The van der Waals surface area contributed by atoms with Gasteiger partial charge in [0.25, 0.3) is 5.91 Å². The van der Waals surface area contributed by atoms with Gasteiger partial charge in [-0.1, -0.05) is 0 Å². The minimum absolute atomic E-state index is 0.130. The normalized spacial score (nSPS) is 9.71. The molecule has 2 N–H and O–H groups in total. The molecule has 0 aliphatic rings. The van der Waals surface area contributed by atoms with E-state index in [1.807, 2.05) is 0 Å². The van der Waals surface area contributed by atoms with Crippen LogP contribution in [0.3, 0.4) is 0 Å². The van der Waals surface area contributed by atoms with Crippen molar-refractivity contribution in [2.75, 3.05) is 20.4 Å². The second-order valence-corrected chi connectivity index (χ2v) is 3.15. The van der Waals surface area contributed by atoms with E-state index in [4.69, 9.17) is 14.6 Å².